The lowest BCUT2D eigenvalue weighted by Crippen LogP contribution is -2.33. The molecule has 0 bridgehead atoms. The minimum atomic E-state index is -4.45. The molecule has 0 radical (unpaired) electrons. The summed E-state index contributed by atoms with van der Waals surface area (Å²) in [7, 11) is 1.68. The highest BCUT2D eigenvalue weighted by molar-refractivity contribution is 5.78. The Bertz CT molecular complexity index is 513. The second-order valence-corrected chi connectivity index (χ2v) is 4.77. The SMILES string of the molecule is CN(C(=O)COc1ccc(C(F)(F)F)cc1N)C1CC1. The summed E-state index contributed by atoms with van der Waals surface area (Å²) >= 11 is 0. The molecule has 0 spiro atoms. The first-order valence-electron chi connectivity index (χ1n) is 6.14. The number of carbonyl (C=O) groups excluding carboxylic acids is 1. The fourth-order valence-electron chi connectivity index (χ4n) is 1.76. The van der Waals surface area contributed by atoms with E-state index in [2.05, 4.69) is 0 Å². The van der Waals surface area contributed by atoms with Gasteiger partial charge in [-0.3, -0.25) is 4.79 Å². The summed E-state index contributed by atoms with van der Waals surface area (Å²) in [6.45, 7) is -0.234. The minimum Gasteiger partial charge on any atom is -0.482 e. The number of halogens is 3. The number of nitrogen functional groups attached to an aromatic ring is 1. The van der Waals surface area contributed by atoms with Gasteiger partial charge in [-0.1, -0.05) is 0 Å². The number of rotatable bonds is 4. The van der Waals surface area contributed by atoms with Crippen molar-refractivity contribution in [1.82, 2.24) is 4.90 Å². The summed E-state index contributed by atoms with van der Waals surface area (Å²) in [5.74, 6) is -0.137. The number of hydrogen-bond donors (Lipinski definition) is 1. The van der Waals surface area contributed by atoms with Crippen LogP contribution < -0.4 is 10.5 Å². The quantitative estimate of drug-likeness (QED) is 0.865. The van der Waals surface area contributed by atoms with Crippen molar-refractivity contribution in [3.05, 3.63) is 23.8 Å². The second kappa shape index (κ2) is 5.22. The van der Waals surface area contributed by atoms with Gasteiger partial charge in [0.2, 0.25) is 0 Å². The Morgan fingerprint density at radius 1 is 1.45 bits per heavy atom. The van der Waals surface area contributed by atoms with Crippen molar-refractivity contribution >= 4 is 11.6 Å². The van der Waals surface area contributed by atoms with Gasteiger partial charge in [-0.05, 0) is 31.0 Å². The molecule has 1 aliphatic carbocycles. The van der Waals surface area contributed by atoms with Crippen LogP contribution in [0.25, 0.3) is 0 Å². The zero-order valence-corrected chi connectivity index (χ0v) is 10.9. The van der Waals surface area contributed by atoms with Crippen LogP contribution in [0.4, 0.5) is 18.9 Å². The summed E-state index contributed by atoms with van der Waals surface area (Å²) in [5, 5.41) is 0. The number of carbonyl (C=O) groups is 1. The second-order valence-electron chi connectivity index (χ2n) is 4.77. The van der Waals surface area contributed by atoms with E-state index in [0.717, 1.165) is 31.0 Å². The van der Waals surface area contributed by atoms with Gasteiger partial charge < -0.3 is 15.4 Å². The standard InChI is InChI=1S/C13H15F3N2O2/c1-18(9-3-4-9)12(19)7-20-11-5-2-8(6-10(11)17)13(14,15)16/h2,5-6,9H,3-4,7,17H2,1H3. The molecule has 1 aliphatic rings. The summed E-state index contributed by atoms with van der Waals surface area (Å²) in [6, 6.07) is 3.06. The van der Waals surface area contributed by atoms with Crippen molar-refractivity contribution in [3.63, 3.8) is 0 Å². The maximum Gasteiger partial charge on any atom is 0.416 e. The van der Waals surface area contributed by atoms with Crippen LogP contribution in [0.5, 0.6) is 5.75 Å². The third-order valence-electron chi connectivity index (χ3n) is 3.18. The highest BCUT2D eigenvalue weighted by Gasteiger charge is 2.31. The zero-order chi connectivity index (χ0) is 14.9. The smallest absolute Gasteiger partial charge is 0.416 e. The monoisotopic (exact) mass is 288 g/mol. The van der Waals surface area contributed by atoms with Gasteiger partial charge in [0, 0.05) is 13.1 Å². The molecule has 0 saturated heterocycles. The summed E-state index contributed by atoms with van der Waals surface area (Å²) in [4.78, 5) is 13.3. The number of hydrogen-bond acceptors (Lipinski definition) is 3. The van der Waals surface area contributed by atoms with Gasteiger partial charge >= 0.3 is 6.18 Å². The predicted octanol–water partition coefficient (Wildman–Crippen LogP) is 2.29. The Morgan fingerprint density at radius 3 is 2.60 bits per heavy atom. The minimum absolute atomic E-state index is 0.0792. The van der Waals surface area contributed by atoms with Gasteiger partial charge in [0.05, 0.1) is 11.3 Å². The molecule has 0 atom stereocenters. The van der Waals surface area contributed by atoms with Gasteiger partial charge in [-0.25, -0.2) is 0 Å². The van der Waals surface area contributed by atoms with Crippen molar-refractivity contribution < 1.29 is 22.7 Å². The predicted molar refractivity (Wildman–Crippen MR) is 67.1 cm³/mol. The lowest BCUT2D eigenvalue weighted by Gasteiger charge is -2.17. The number of likely N-dealkylation sites (N-methyl/N-ethyl adjacent to an activating group) is 1. The fourth-order valence-corrected chi connectivity index (χ4v) is 1.76. The first-order valence-corrected chi connectivity index (χ1v) is 6.14. The highest BCUT2D eigenvalue weighted by Crippen LogP contribution is 2.33. The molecule has 20 heavy (non-hydrogen) atoms. The van der Waals surface area contributed by atoms with Crippen LogP contribution in [0.2, 0.25) is 0 Å². The Balaban J connectivity index is 1.97. The number of benzene rings is 1. The van der Waals surface area contributed by atoms with Gasteiger partial charge in [0.1, 0.15) is 5.75 Å². The lowest BCUT2D eigenvalue weighted by molar-refractivity contribution is -0.137. The number of ether oxygens (including phenoxy) is 1. The average molecular weight is 288 g/mol. The molecule has 1 aromatic rings. The van der Waals surface area contributed by atoms with Crippen molar-refractivity contribution in [2.24, 2.45) is 0 Å². The van der Waals surface area contributed by atoms with Gasteiger partial charge in [0.15, 0.2) is 6.61 Å². The van der Waals surface area contributed by atoms with Crippen molar-refractivity contribution in [1.29, 1.82) is 0 Å². The van der Waals surface area contributed by atoms with Crippen LogP contribution in [-0.2, 0) is 11.0 Å². The molecular weight excluding hydrogens is 273 g/mol. The Kier molecular flexibility index (Phi) is 3.78. The molecule has 1 amide bonds. The van der Waals surface area contributed by atoms with E-state index in [4.69, 9.17) is 10.5 Å². The van der Waals surface area contributed by atoms with E-state index in [1.165, 1.54) is 0 Å². The number of nitrogens with two attached hydrogens (primary N) is 1. The summed E-state index contributed by atoms with van der Waals surface area (Å²) < 4.78 is 42.6. The molecule has 4 nitrogen and oxygen atoms in total. The number of nitrogens with zero attached hydrogens (tertiary/aromatic N) is 1. The summed E-state index contributed by atoms with van der Waals surface area (Å²) in [5.41, 5.74) is 4.52. The van der Waals surface area contributed by atoms with Crippen molar-refractivity contribution in [2.75, 3.05) is 19.4 Å². The van der Waals surface area contributed by atoms with Gasteiger partial charge in [0.25, 0.3) is 5.91 Å². The molecule has 2 N–H and O–H groups in total. The van der Waals surface area contributed by atoms with Crippen LogP contribution in [-0.4, -0.2) is 30.5 Å². The van der Waals surface area contributed by atoms with Crippen molar-refractivity contribution in [3.8, 4) is 5.75 Å². The van der Waals surface area contributed by atoms with E-state index in [1.54, 1.807) is 11.9 Å². The summed E-state index contributed by atoms with van der Waals surface area (Å²) in [6.07, 6.45) is -2.50. The molecule has 110 valence electrons. The molecule has 1 saturated carbocycles. The maximum atomic E-state index is 12.5. The first-order chi connectivity index (χ1) is 9.29. The normalized spacial score (nSPS) is 15.0. The van der Waals surface area contributed by atoms with Gasteiger partial charge in [-0.2, -0.15) is 13.2 Å². The fraction of sp³-hybridized carbons (Fsp3) is 0.462. The number of amides is 1. The van der Waals surface area contributed by atoms with Crippen LogP contribution in [0.1, 0.15) is 18.4 Å². The van der Waals surface area contributed by atoms with E-state index in [-0.39, 0.29) is 30.0 Å². The molecule has 1 fully saturated rings. The van der Waals surface area contributed by atoms with E-state index in [0.29, 0.717) is 0 Å². The Hall–Kier alpha value is -1.92. The maximum absolute atomic E-state index is 12.5. The van der Waals surface area contributed by atoms with E-state index >= 15 is 0 Å². The number of alkyl halides is 3. The van der Waals surface area contributed by atoms with E-state index in [1.807, 2.05) is 0 Å². The van der Waals surface area contributed by atoms with Crippen molar-refractivity contribution in [2.45, 2.75) is 25.1 Å². The molecule has 0 unspecified atom stereocenters. The zero-order valence-electron chi connectivity index (χ0n) is 10.9. The molecule has 2 rings (SSSR count). The van der Waals surface area contributed by atoms with E-state index in [9.17, 15) is 18.0 Å². The van der Waals surface area contributed by atoms with Crippen LogP contribution in [0, 0.1) is 0 Å². The van der Waals surface area contributed by atoms with E-state index < -0.39 is 11.7 Å². The Morgan fingerprint density at radius 2 is 2.10 bits per heavy atom. The van der Waals surface area contributed by atoms with Crippen LogP contribution in [0.3, 0.4) is 0 Å². The number of anilines is 1. The van der Waals surface area contributed by atoms with Crippen LogP contribution >= 0.6 is 0 Å². The topological polar surface area (TPSA) is 55.6 Å². The highest BCUT2D eigenvalue weighted by atomic mass is 19.4. The average Bonchev–Trinajstić information content (AvgIpc) is 3.19. The largest absolute Gasteiger partial charge is 0.482 e. The molecule has 0 aromatic heterocycles. The molecule has 7 heteroatoms. The third kappa shape index (κ3) is 3.34. The Labute approximate surface area is 114 Å². The third-order valence-corrected chi connectivity index (χ3v) is 3.18. The molecule has 0 aliphatic heterocycles. The molecule has 1 aromatic carbocycles. The first kappa shape index (κ1) is 14.5. The lowest BCUT2D eigenvalue weighted by atomic mass is 10.2. The molecular formula is C13H15F3N2O2. The van der Waals surface area contributed by atoms with Gasteiger partial charge in [-0.15, -0.1) is 0 Å². The van der Waals surface area contributed by atoms with Crippen LogP contribution in [0.15, 0.2) is 18.2 Å². The molecule has 0 heterocycles.